The number of carbonyl (C=O) groups is 1. The van der Waals surface area contributed by atoms with Gasteiger partial charge in [0.15, 0.2) is 5.78 Å². The van der Waals surface area contributed by atoms with Crippen LogP contribution in [0.2, 0.25) is 0 Å². The Morgan fingerprint density at radius 1 is 1.24 bits per heavy atom. The Morgan fingerprint density at radius 2 is 1.86 bits per heavy atom. The van der Waals surface area contributed by atoms with Crippen LogP contribution in [0.15, 0.2) is 24.3 Å². The Labute approximate surface area is 128 Å². The summed E-state index contributed by atoms with van der Waals surface area (Å²) in [4.78, 5) is 17.0. The zero-order valence-corrected chi connectivity index (χ0v) is 13.6. The maximum absolute atomic E-state index is 12.4. The number of ketones is 1. The van der Waals surface area contributed by atoms with Gasteiger partial charge < -0.3 is 4.90 Å². The number of nitrogens with zero attached hydrogens (tertiary/aromatic N) is 2. The number of hydrogen-bond donors (Lipinski definition) is 0. The average Bonchev–Trinajstić information content (AvgIpc) is 2.49. The van der Waals surface area contributed by atoms with Crippen LogP contribution in [-0.4, -0.2) is 55.4 Å². The van der Waals surface area contributed by atoms with Gasteiger partial charge in [-0.25, -0.2) is 0 Å². The number of Topliss-reactive ketones (excluding diaryl/α,β-unsaturated/α-hetero) is 1. The van der Waals surface area contributed by atoms with Gasteiger partial charge in [0.25, 0.3) is 0 Å². The minimum absolute atomic E-state index is 0.236. The van der Waals surface area contributed by atoms with E-state index in [0.717, 1.165) is 44.3 Å². The van der Waals surface area contributed by atoms with Crippen molar-refractivity contribution in [2.45, 2.75) is 38.6 Å². The van der Waals surface area contributed by atoms with Crippen LogP contribution in [0, 0.1) is 0 Å². The molecule has 1 saturated heterocycles. The van der Waals surface area contributed by atoms with E-state index in [1.807, 2.05) is 12.1 Å². The molecule has 1 aromatic rings. The summed E-state index contributed by atoms with van der Waals surface area (Å²) in [5.74, 6) is 0.236. The quantitative estimate of drug-likeness (QED) is 0.752. The third kappa shape index (κ3) is 4.65. The van der Waals surface area contributed by atoms with Crippen molar-refractivity contribution in [1.82, 2.24) is 9.80 Å². The van der Waals surface area contributed by atoms with Crippen molar-refractivity contribution < 1.29 is 4.79 Å². The third-order valence-electron chi connectivity index (χ3n) is 4.52. The van der Waals surface area contributed by atoms with Gasteiger partial charge in [-0.2, -0.15) is 0 Å². The lowest BCUT2D eigenvalue weighted by molar-refractivity contribution is 0.0871. The van der Waals surface area contributed by atoms with Crippen LogP contribution in [-0.2, 0) is 6.42 Å². The smallest absolute Gasteiger partial charge is 0.176 e. The fraction of sp³-hybridized carbons (Fsp3) is 0.611. The number of carbonyl (C=O) groups excluding carboxylic acids is 1. The first-order chi connectivity index (χ1) is 10.1. The van der Waals surface area contributed by atoms with E-state index in [0.29, 0.717) is 12.6 Å². The molecule has 0 unspecified atom stereocenters. The summed E-state index contributed by atoms with van der Waals surface area (Å²) in [6, 6.07) is 8.69. The molecule has 0 N–H and O–H groups in total. The van der Waals surface area contributed by atoms with Gasteiger partial charge in [0.1, 0.15) is 0 Å². The molecule has 0 spiro atoms. The van der Waals surface area contributed by atoms with Gasteiger partial charge in [-0.1, -0.05) is 37.6 Å². The fourth-order valence-electron chi connectivity index (χ4n) is 3.03. The Bertz CT molecular complexity index is 447. The number of likely N-dealkylation sites (tertiary alicyclic amines) is 1. The highest BCUT2D eigenvalue weighted by atomic mass is 16.1. The number of aryl methyl sites for hydroxylation is 1. The van der Waals surface area contributed by atoms with E-state index < -0.39 is 0 Å². The SMILES string of the molecule is CCCc1ccc(C(=O)CN(C)C2CCN(C)CC2)cc1. The molecule has 0 amide bonds. The van der Waals surface area contributed by atoms with Gasteiger partial charge in [0, 0.05) is 11.6 Å². The van der Waals surface area contributed by atoms with Crippen molar-refractivity contribution in [3.05, 3.63) is 35.4 Å². The molecule has 116 valence electrons. The number of benzene rings is 1. The predicted octanol–water partition coefficient (Wildman–Crippen LogP) is 2.85. The maximum atomic E-state index is 12.4. The van der Waals surface area contributed by atoms with Gasteiger partial charge in [-0.3, -0.25) is 9.69 Å². The standard InChI is InChI=1S/C18H28N2O/c1-4-5-15-6-8-16(9-7-15)18(21)14-20(3)17-10-12-19(2)13-11-17/h6-9,17H,4-5,10-14H2,1-3H3. The molecule has 0 saturated carbocycles. The zero-order valence-electron chi connectivity index (χ0n) is 13.6. The first-order valence-corrected chi connectivity index (χ1v) is 8.11. The minimum Gasteiger partial charge on any atom is -0.306 e. The molecule has 1 aromatic carbocycles. The van der Waals surface area contributed by atoms with Crippen LogP contribution in [0.5, 0.6) is 0 Å². The first kappa shape index (κ1) is 16.2. The van der Waals surface area contributed by atoms with Crippen molar-refractivity contribution in [2.24, 2.45) is 0 Å². The van der Waals surface area contributed by atoms with Crippen molar-refractivity contribution >= 4 is 5.78 Å². The maximum Gasteiger partial charge on any atom is 0.176 e. The largest absolute Gasteiger partial charge is 0.306 e. The lowest BCUT2D eigenvalue weighted by Crippen LogP contribution is -2.43. The van der Waals surface area contributed by atoms with Crippen LogP contribution in [0.1, 0.15) is 42.1 Å². The van der Waals surface area contributed by atoms with E-state index in [-0.39, 0.29) is 5.78 Å². The molecule has 1 heterocycles. The predicted molar refractivity (Wildman–Crippen MR) is 87.9 cm³/mol. The summed E-state index contributed by atoms with van der Waals surface area (Å²) in [7, 11) is 4.25. The summed E-state index contributed by atoms with van der Waals surface area (Å²) < 4.78 is 0. The molecule has 21 heavy (non-hydrogen) atoms. The van der Waals surface area contributed by atoms with Crippen LogP contribution >= 0.6 is 0 Å². The second kappa shape index (κ2) is 7.71. The van der Waals surface area contributed by atoms with Crippen LogP contribution in [0.3, 0.4) is 0 Å². The molecule has 2 rings (SSSR count). The minimum atomic E-state index is 0.236. The van der Waals surface area contributed by atoms with E-state index in [1.54, 1.807) is 0 Å². The van der Waals surface area contributed by atoms with E-state index in [9.17, 15) is 4.79 Å². The fourth-order valence-corrected chi connectivity index (χ4v) is 3.03. The Kier molecular flexibility index (Phi) is 5.95. The molecule has 1 aliphatic rings. The zero-order chi connectivity index (χ0) is 15.2. The van der Waals surface area contributed by atoms with E-state index in [1.165, 1.54) is 5.56 Å². The monoisotopic (exact) mass is 288 g/mol. The van der Waals surface area contributed by atoms with Gasteiger partial charge in [0.2, 0.25) is 0 Å². The Hall–Kier alpha value is -1.19. The van der Waals surface area contributed by atoms with Crippen LogP contribution in [0.25, 0.3) is 0 Å². The second-order valence-corrected chi connectivity index (χ2v) is 6.32. The topological polar surface area (TPSA) is 23.6 Å². The lowest BCUT2D eigenvalue weighted by Gasteiger charge is -2.34. The highest BCUT2D eigenvalue weighted by Gasteiger charge is 2.22. The van der Waals surface area contributed by atoms with Crippen molar-refractivity contribution in [2.75, 3.05) is 33.7 Å². The molecule has 3 heteroatoms. The van der Waals surface area contributed by atoms with Crippen molar-refractivity contribution in [3.63, 3.8) is 0 Å². The van der Waals surface area contributed by atoms with E-state index in [4.69, 9.17) is 0 Å². The third-order valence-corrected chi connectivity index (χ3v) is 4.52. The summed E-state index contributed by atoms with van der Waals surface area (Å²) in [6.07, 6.45) is 4.56. The number of likely N-dealkylation sites (N-methyl/N-ethyl adjacent to an activating group) is 1. The molecule has 0 bridgehead atoms. The van der Waals surface area contributed by atoms with Crippen molar-refractivity contribution in [3.8, 4) is 0 Å². The second-order valence-electron chi connectivity index (χ2n) is 6.32. The molecule has 3 nitrogen and oxygen atoms in total. The Balaban J connectivity index is 1.88. The molecule has 0 aliphatic carbocycles. The molecule has 1 aliphatic heterocycles. The Morgan fingerprint density at radius 3 is 2.43 bits per heavy atom. The van der Waals surface area contributed by atoms with Crippen molar-refractivity contribution in [1.29, 1.82) is 0 Å². The van der Waals surface area contributed by atoms with Gasteiger partial charge in [-0.05, 0) is 52.0 Å². The molecular formula is C18H28N2O. The number of rotatable bonds is 6. The lowest BCUT2D eigenvalue weighted by atomic mass is 10.0. The van der Waals surface area contributed by atoms with Gasteiger partial charge in [0.05, 0.1) is 6.54 Å². The number of piperidine rings is 1. The van der Waals surface area contributed by atoms with Crippen LogP contribution < -0.4 is 0 Å². The number of hydrogen-bond acceptors (Lipinski definition) is 3. The van der Waals surface area contributed by atoms with E-state index >= 15 is 0 Å². The highest BCUT2D eigenvalue weighted by Crippen LogP contribution is 2.15. The molecule has 0 radical (unpaired) electrons. The summed E-state index contributed by atoms with van der Waals surface area (Å²) >= 11 is 0. The molecule has 1 fully saturated rings. The van der Waals surface area contributed by atoms with Gasteiger partial charge in [-0.15, -0.1) is 0 Å². The summed E-state index contributed by atoms with van der Waals surface area (Å²) in [5.41, 5.74) is 2.16. The van der Waals surface area contributed by atoms with E-state index in [2.05, 4.69) is 43.0 Å². The average molecular weight is 288 g/mol. The first-order valence-electron chi connectivity index (χ1n) is 8.11. The molecule has 0 aromatic heterocycles. The summed E-state index contributed by atoms with van der Waals surface area (Å²) in [6.45, 7) is 4.97. The highest BCUT2D eigenvalue weighted by molar-refractivity contribution is 5.97. The molecular weight excluding hydrogens is 260 g/mol. The molecule has 0 atom stereocenters. The summed E-state index contributed by atoms with van der Waals surface area (Å²) in [5, 5.41) is 0. The normalized spacial score (nSPS) is 17.3. The van der Waals surface area contributed by atoms with Gasteiger partial charge >= 0.3 is 0 Å². The van der Waals surface area contributed by atoms with Crippen LogP contribution in [0.4, 0.5) is 0 Å².